The van der Waals surface area contributed by atoms with Crippen molar-refractivity contribution in [2.45, 2.75) is 24.8 Å². The smallest absolute Gasteiger partial charge is 0.160 e. The number of hydrogen-bond donors (Lipinski definition) is 1. The Balaban J connectivity index is 2.29. The largest absolute Gasteiger partial charge is 0.493 e. The lowest BCUT2D eigenvalue weighted by molar-refractivity contribution is 0.353. The van der Waals surface area contributed by atoms with E-state index in [2.05, 4.69) is 18.2 Å². The summed E-state index contributed by atoms with van der Waals surface area (Å²) in [7, 11) is 3.30. The molecule has 1 aliphatic carbocycles. The summed E-state index contributed by atoms with van der Waals surface area (Å²) in [6, 6.07) is 6.24. The molecule has 0 aliphatic heterocycles. The molecule has 2 atom stereocenters. The summed E-state index contributed by atoms with van der Waals surface area (Å²) in [5, 5.41) is 0. The van der Waals surface area contributed by atoms with Gasteiger partial charge in [0, 0.05) is 12.0 Å². The molecular weight excluding hydrogens is 214 g/mol. The predicted octanol–water partition coefficient (Wildman–Crippen LogP) is 2.46. The molecule has 1 aromatic carbocycles. The van der Waals surface area contributed by atoms with Gasteiger partial charge in [0.15, 0.2) is 11.5 Å². The number of nitrogens with two attached hydrogens (primary N) is 1. The summed E-state index contributed by atoms with van der Waals surface area (Å²) >= 11 is 0. The van der Waals surface area contributed by atoms with E-state index in [4.69, 9.17) is 15.2 Å². The Morgan fingerprint density at radius 2 is 1.76 bits per heavy atom. The quantitative estimate of drug-likeness (QED) is 0.816. The summed E-state index contributed by atoms with van der Waals surface area (Å²) in [6.45, 7) is 0. The van der Waals surface area contributed by atoms with Gasteiger partial charge < -0.3 is 15.2 Å². The lowest BCUT2D eigenvalue weighted by Gasteiger charge is -2.26. The second-order valence-electron chi connectivity index (χ2n) is 4.33. The Labute approximate surface area is 102 Å². The Morgan fingerprint density at radius 3 is 2.41 bits per heavy atom. The zero-order chi connectivity index (χ0) is 12.3. The van der Waals surface area contributed by atoms with Crippen molar-refractivity contribution < 1.29 is 9.47 Å². The molecule has 17 heavy (non-hydrogen) atoms. The van der Waals surface area contributed by atoms with Crippen LogP contribution in [0, 0.1) is 0 Å². The Kier molecular flexibility index (Phi) is 3.69. The fraction of sp³-hybridized carbons (Fsp3) is 0.429. The molecule has 0 radical (unpaired) electrons. The highest BCUT2D eigenvalue weighted by Crippen LogP contribution is 2.34. The van der Waals surface area contributed by atoms with Gasteiger partial charge >= 0.3 is 0 Å². The minimum atomic E-state index is 0.193. The Bertz CT molecular complexity index is 415. The normalized spacial score (nSPS) is 23.5. The van der Waals surface area contributed by atoms with Gasteiger partial charge in [-0.25, -0.2) is 0 Å². The van der Waals surface area contributed by atoms with Crippen molar-refractivity contribution in [3.63, 3.8) is 0 Å². The maximum Gasteiger partial charge on any atom is 0.160 e. The third-order valence-electron chi connectivity index (χ3n) is 3.32. The van der Waals surface area contributed by atoms with Gasteiger partial charge in [-0.1, -0.05) is 18.2 Å². The van der Waals surface area contributed by atoms with Crippen LogP contribution in [0.1, 0.15) is 24.3 Å². The summed E-state index contributed by atoms with van der Waals surface area (Å²) < 4.78 is 10.6. The van der Waals surface area contributed by atoms with E-state index in [-0.39, 0.29) is 6.04 Å². The van der Waals surface area contributed by atoms with E-state index in [0.717, 1.165) is 24.3 Å². The Morgan fingerprint density at radius 1 is 1.06 bits per heavy atom. The fourth-order valence-electron chi connectivity index (χ4n) is 2.30. The number of rotatable bonds is 3. The third-order valence-corrected chi connectivity index (χ3v) is 3.32. The lowest BCUT2D eigenvalue weighted by atomic mass is 9.84. The zero-order valence-corrected chi connectivity index (χ0v) is 10.3. The molecule has 0 saturated carbocycles. The van der Waals surface area contributed by atoms with E-state index in [1.165, 1.54) is 5.56 Å². The molecular formula is C14H19NO2. The van der Waals surface area contributed by atoms with Crippen LogP contribution in [0.5, 0.6) is 11.5 Å². The molecule has 0 saturated heterocycles. The molecule has 3 nitrogen and oxygen atoms in total. The molecule has 2 N–H and O–H groups in total. The van der Waals surface area contributed by atoms with E-state index in [9.17, 15) is 0 Å². The van der Waals surface area contributed by atoms with Gasteiger partial charge in [-0.15, -0.1) is 0 Å². The maximum atomic E-state index is 6.15. The van der Waals surface area contributed by atoms with Gasteiger partial charge in [0.25, 0.3) is 0 Å². The highest BCUT2D eigenvalue weighted by atomic mass is 16.5. The minimum Gasteiger partial charge on any atom is -0.493 e. The second kappa shape index (κ2) is 5.23. The van der Waals surface area contributed by atoms with Gasteiger partial charge in [-0.05, 0) is 30.5 Å². The van der Waals surface area contributed by atoms with E-state index >= 15 is 0 Å². The summed E-state index contributed by atoms with van der Waals surface area (Å²) in [5.41, 5.74) is 7.37. The van der Waals surface area contributed by atoms with Crippen LogP contribution in [-0.2, 0) is 0 Å². The van der Waals surface area contributed by atoms with Crippen molar-refractivity contribution in [1.29, 1.82) is 0 Å². The molecule has 0 fully saturated rings. The Hall–Kier alpha value is -1.48. The van der Waals surface area contributed by atoms with Gasteiger partial charge in [0.05, 0.1) is 14.2 Å². The van der Waals surface area contributed by atoms with Crippen LogP contribution in [0.4, 0.5) is 0 Å². The minimum absolute atomic E-state index is 0.193. The standard InChI is InChI=1S/C14H19NO2/c1-16-13-8-7-10(9-14(13)17-2)11-5-3-4-6-12(11)15/h3-4,7-9,11-12H,5-6,15H2,1-2H3/t11-,12-/m0/s1. The molecule has 0 unspecified atom stereocenters. The average molecular weight is 233 g/mol. The van der Waals surface area contributed by atoms with E-state index in [1.54, 1.807) is 14.2 Å². The lowest BCUT2D eigenvalue weighted by Crippen LogP contribution is -2.29. The number of ether oxygens (including phenoxy) is 2. The second-order valence-corrected chi connectivity index (χ2v) is 4.33. The summed E-state index contributed by atoms with van der Waals surface area (Å²) in [4.78, 5) is 0. The highest BCUT2D eigenvalue weighted by Gasteiger charge is 2.21. The first-order chi connectivity index (χ1) is 8.26. The van der Waals surface area contributed by atoms with Crippen molar-refractivity contribution in [2.75, 3.05) is 14.2 Å². The molecule has 3 heteroatoms. The van der Waals surface area contributed by atoms with Crippen molar-refractivity contribution in [1.82, 2.24) is 0 Å². The first-order valence-corrected chi connectivity index (χ1v) is 5.88. The molecule has 0 amide bonds. The molecule has 1 aromatic rings. The monoisotopic (exact) mass is 233 g/mol. The molecule has 92 valence electrons. The van der Waals surface area contributed by atoms with Crippen molar-refractivity contribution in [3.05, 3.63) is 35.9 Å². The van der Waals surface area contributed by atoms with E-state index < -0.39 is 0 Å². The summed E-state index contributed by atoms with van der Waals surface area (Å²) in [5.74, 6) is 1.91. The molecule has 2 rings (SSSR count). The van der Waals surface area contributed by atoms with Crippen molar-refractivity contribution in [3.8, 4) is 11.5 Å². The molecule has 0 aromatic heterocycles. The first-order valence-electron chi connectivity index (χ1n) is 5.88. The molecule has 1 aliphatic rings. The topological polar surface area (TPSA) is 44.5 Å². The van der Waals surface area contributed by atoms with Crippen LogP contribution in [0.2, 0.25) is 0 Å². The highest BCUT2D eigenvalue weighted by molar-refractivity contribution is 5.44. The SMILES string of the molecule is COc1ccc([C@@H]2CC=CC[C@@H]2N)cc1OC. The van der Waals surface area contributed by atoms with Crippen LogP contribution in [0.15, 0.2) is 30.4 Å². The first kappa shape index (κ1) is 12.0. The van der Waals surface area contributed by atoms with E-state index in [0.29, 0.717) is 5.92 Å². The third kappa shape index (κ3) is 2.44. The van der Waals surface area contributed by atoms with Crippen LogP contribution in [-0.4, -0.2) is 20.3 Å². The number of benzene rings is 1. The molecule has 0 heterocycles. The number of hydrogen-bond acceptors (Lipinski definition) is 3. The van der Waals surface area contributed by atoms with Gasteiger partial charge in [0.1, 0.15) is 0 Å². The van der Waals surface area contributed by atoms with Crippen LogP contribution in [0.25, 0.3) is 0 Å². The predicted molar refractivity (Wildman–Crippen MR) is 68.6 cm³/mol. The van der Waals surface area contributed by atoms with Gasteiger partial charge in [-0.2, -0.15) is 0 Å². The number of methoxy groups -OCH3 is 2. The van der Waals surface area contributed by atoms with Crippen LogP contribution < -0.4 is 15.2 Å². The van der Waals surface area contributed by atoms with Crippen molar-refractivity contribution >= 4 is 0 Å². The fourth-order valence-corrected chi connectivity index (χ4v) is 2.30. The maximum absolute atomic E-state index is 6.15. The summed E-state index contributed by atoms with van der Waals surface area (Å²) in [6.07, 6.45) is 6.29. The zero-order valence-electron chi connectivity index (χ0n) is 10.3. The van der Waals surface area contributed by atoms with Gasteiger partial charge in [0.2, 0.25) is 0 Å². The van der Waals surface area contributed by atoms with Crippen LogP contribution in [0.3, 0.4) is 0 Å². The molecule has 0 spiro atoms. The molecule has 0 bridgehead atoms. The van der Waals surface area contributed by atoms with Crippen molar-refractivity contribution in [2.24, 2.45) is 5.73 Å². The van der Waals surface area contributed by atoms with E-state index in [1.807, 2.05) is 12.1 Å². The number of allylic oxidation sites excluding steroid dienone is 1. The van der Waals surface area contributed by atoms with Gasteiger partial charge in [-0.3, -0.25) is 0 Å². The van der Waals surface area contributed by atoms with Crippen LogP contribution >= 0.6 is 0 Å². The average Bonchev–Trinajstić information content (AvgIpc) is 2.38.